The summed E-state index contributed by atoms with van der Waals surface area (Å²) in [6, 6.07) is 5.52. The van der Waals surface area contributed by atoms with Crippen LogP contribution in [0, 0.1) is 18.6 Å². The van der Waals surface area contributed by atoms with Crippen molar-refractivity contribution in [2.75, 3.05) is 37.9 Å². The Morgan fingerprint density at radius 2 is 2.03 bits per heavy atom. The number of carbonyl (C=O) groups is 1. The SMILES string of the molecule is CNCCOc1c(N)ncnc1-c1cc(F)cc(NC(=O)c2ccc3c(c2F)OCC3(C)C)c1C. The van der Waals surface area contributed by atoms with Gasteiger partial charge in [-0.25, -0.2) is 18.7 Å². The first-order valence-corrected chi connectivity index (χ1v) is 11.1. The van der Waals surface area contributed by atoms with E-state index in [1.54, 1.807) is 20.0 Å². The zero-order valence-corrected chi connectivity index (χ0v) is 20.0. The van der Waals surface area contributed by atoms with E-state index in [-0.39, 0.29) is 46.3 Å². The number of aromatic nitrogens is 2. The summed E-state index contributed by atoms with van der Waals surface area (Å²) in [6.45, 7) is 6.71. The number of ether oxygens (including phenoxy) is 2. The molecule has 0 atom stereocenters. The van der Waals surface area contributed by atoms with Crippen LogP contribution >= 0.6 is 0 Å². The first kappa shape index (κ1) is 24.3. The molecule has 35 heavy (non-hydrogen) atoms. The first-order chi connectivity index (χ1) is 16.6. The zero-order valence-electron chi connectivity index (χ0n) is 20.0. The highest BCUT2D eigenvalue weighted by Crippen LogP contribution is 2.41. The molecule has 1 aliphatic rings. The number of nitrogens with two attached hydrogens (primary N) is 1. The molecule has 0 saturated heterocycles. The Morgan fingerprint density at radius 3 is 2.77 bits per heavy atom. The Bertz CT molecular complexity index is 1300. The van der Waals surface area contributed by atoms with Crippen LogP contribution in [-0.2, 0) is 5.41 Å². The molecule has 1 aliphatic heterocycles. The maximum Gasteiger partial charge on any atom is 0.258 e. The molecule has 4 N–H and O–H groups in total. The second-order valence-corrected chi connectivity index (χ2v) is 8.95. The Labute approximate surface area is 201 Å². The molecular formula is C25H27F2N5O3. The van der Waals surface area contributed by atoms with E-state index in [1.807, 2.05) is 13.8 Å². The Balaban J connectivity index is 1.69. The molecule has 0 unspecified atom stereocenters. The molecule has 4 rings (SSSR count). The van der Waals surface area contributed by atoms with Crippen LogP contribution in [0.4, 0.5) is 20.3 Å². The predicted octanol–water partition coefficient (Wildman–Crippen LogP) is 3.83. The Morgan fingerprint density at radius 1 is 1.26 bits per heavy atom. The Hall–Kier alpha value is -3.79. The smallest absolute Gasteiger partial charge is 0.258 e. The van der Waals surface area contributed by atoms with Crippen molar-refractivity contribution in [2.45, 2.75) is 26.2 Å². The molecule has 2 heterocycles. The Kier molecular flexibility index (Phi) is 6.58. The molecule has 0 spiro atoms. The number of nitrogen functional groups attached to an aromatic ring is 1. The highest BCUT2D eigenvalue weighted by molar-refractivity contribution is 6.05. The normalized spacial score (nSPS) is 13.8. The number of rotatable bonds is 7. The molecule has 2 aromatic carbocycles. The van der Waals surface area contributed by atoms with Gasteiger partial charge < -0.3 is 25.8 Å². The van der Waals surface area contributed by atoms with E-state index in [2.05, 4.69) is 20.6 Å². The second-order valence-electron chi connectivity index (χ2n) is 8.95. The monoisotopic (exact) mass is 483 g/mol. The van der Waals surface area contributed by atoms with Crippen molar-refractivity contribution in [3.63, 3.8) is 0 Å². The molecule has 0 aliphatic carbocycles. The van der Waals surface area contributed by atoms with Crippen molar-refractivity contribution >= 4 is 17.4 Å². The summed E-state index contributed by atoms with van der Waals surface area (Å²) in [5.41, 5.74) is 7.42. The number of hydrogen-bond acceptors (Lipinski definition) is 7. The summed E-state index contributed by atoms with van der Waals surface area (Å²) < 4.78 is 41.0. The van der Waals surface area contributed by atoms with Crippen molar-refractivity contribution in [2.24, 2.45) is 0 Å². The molecule has 10 heteroatoms. The minimum absolute atomic E-state index is 0.0686. The number of halogens is 2. The van der Waals surface area contributed by atoms with Crippen LogP contribution in [0.3, 0.4) is 0 Å². The van der Waals surface area contributed by atoms with Crippen LogP contribution in [0.1, 0.15) is 35.3 Å². The van der Waals surface area contributed by atoms with Gasteiger partial charge in [0.25, 0.3) is 5.91 Å². The van der Waals surface area contributed by atoms with Gasteiger partial charge in [0.1, 0.15) is 24.4 Å². The zero-order chi connectivity index (χ0) is 25.3. The van der Waals surface area contributed by atoms with Gasteiger partial charge in [-0.05, 0) is 37.7 Å². The lowest BCUT2D eigenvalue weighted by Crippen LogP contribution is -2.18. The number of carbonyl (C=O) groups excluding carboxylic acids is 1. The van der Waals surface area contributed by atoms with E-state index in [1.165, 1.54) is 18.5 Å². The maximum atomic E-state index is 15.1. The van der Waals surface area contributed by atoms with Gasteiger partial charge in [-0.3, -0.25) is 4.79 Å². The number of benzene rings is 2. The number of nitrogens with one attached hydrogen (secondary N) is 2. The highest BCUT2D eigenvalue weighted by atomic mass is 19.1. The molecule has 0 radical (unpaired) electrons. The fraction of sp³-hybridized carbons (Fsp3) is 0.320. The van der Waals surface area contributed by atoms with Crippen LogP contribution in [0.25, 0.3) is 11.3 Å². The van der Waals surface area contributed by atoms with Crippen LogP contribution in [0.2, 0.25) is 0 Å². The van der Waals surface area contributed by atoms with Crippen LogP contribution in [0.5, 0.6) is 11.5 Å². The number of nitrogens with zero attached hydrogens (tertiary/aromatic N) is 2. The molecule has 3 aromatic rings. The van der Waals surface area contributed by atoms with E-state index in [0.717, 1.165) is 6.07 Å². The topological polar surface area (TPSA) is 111 Å². The molecule has 8 nitrogen and oxygen atoms in total. The second kappa shape index (κ2) is 9.46. The van der Waals surface area contributed by atoms with Gasteiger partial charge in [-0.1, -0.05) is 19.9 Å². The van der Waals surface area contributed by atoms with Crippen LogP contribution in [-0.4, -0.2) is 42.7 Å². The van der Waals surface area contributed by atoms with Crippen molar-refractivity contribution in [1.82, 2.24) is 15.3 Å². The fourth-order valence-electron chi connectivity index (χ4n) is 3.96. The average Bonchev–Trinajstić information content (AvgIpc) is 3.12. The molecule has 0 saturated carbocycles. The summed E-state index contributed by atoms with van der Waals surface area (Å²) in [7, 11) is 1.78. The van der Waals surface area contributed by atoms with Gasteiger partial charge in [-0.15, -0.1) is 0 Å². The van der Waals surface area contributed by atoms with E-state index < -0.39 is 17.5 Å². The van der Waals surface area contributed by atoms with Gasteiger partial charge in [0.2, 0.25) is 0 Å². The quantitative estimate of drug-likeness (QED) is 0.438. The van der Waals surface area contributed by atoms with Crippen molar-refractivity contribution in [3.8, 4) is 22.8 Å². The number of anilines is 2. The third-order valence-corrected chi connectivity index (χ3v) is 5.95. The van der Waals surface area contributed by atoms with Crippen LogP contribution < -0.4 is 25.8 Å². The van der Waals surface area contributed by atoms with Gasteiger partial charge in [0, 0.05) is 28.8 Å². The van der Waals surface area contributed by atoms with E-state index in [9.17, 15) is 9.18 Å². The minimum atomic E-state index is -0.747. The average molecular weight is 484 g/mol. The molecule has 1 aromatic heterocycles. The maximum absolute atomic E-state index is 15.1. The fourth-order valence-corrected chi connectivity index (χ4v) is 3.96. The van der Waals surface area contributed by atoms with Gasteiger partial charge >= 0.3 is 0 Å². The van der Waals surface area contributed by atoms with Crippen molar-refractivity contribution < 1.29 is 23.0 Å². The van der Waals surface area contributed by atoms with Gasteiger partial charge in [0.05, 0.1) is 12.2 Å². The van der Waals surface area contributed by atoms with Crippen molar-refractivity contribution in [1.29, 1.82) is 0 Å². The lowest BCUT2D eigenvalue weighted by Gasteiger charge is -2.17. The summed E-state index contributed by atoms with van der Waals surface area (Å²) in [6.07, 6.45) is 1.25. The van der Waals surface area contributed by atoms with Crippen LogP contribution in [0.15, 0.2) is 30.6 Å². The predicted molar refractivity (Wildman–Crippen MR) is 129 cm³/mol. The standard InChI is InChI=1S/C25H27F2N5O3/c1-13-16(20-22(34-8-7-29-4)23(28)31-12-30-20)9-14(26)10-18(13)32-24(33)15-5-6-17-21(19(15)27)35-11-25(17,2)3/h5-6,9-10,12,29H,7-8,11H2,1-4H3,(H,32,33)(H2,28,30,31). The van der Waals surface area contributed by atoms with E-state index >= 15 is 4.39 Å². The minimum Gasteiger partial charge on any atom is -0.489 e. The lowest BCUT2D eigenvalue weighted by molar-refractivity contribution is 0.102. The third kappa shape index (κ3) is 4.61. The van der Waals surface area contributed by atoms with Gasteiger partial charge in [-0.2, -0.15) is 0 Å². The van der Waals surface area contributed by atoms with E-state index in [4.69, 9.17) is 15.2 Å². The number of fused-ring (bicyclic) bond motifs is 1. The van der Waals surface area contributed by atoms with E-state index in [0.29, 0.717) is 29.8 Å². The summed E-state index contributed by atoms with van der Waals surface area (Å²) in [4.78, 5) is 21.2. The number of likely N-dealkylation sites (N-methyl/N-ethyl adjacent to an activating group) is 1. The van der Waals surface area contributed by atoms with Gasteiger partial charge in [0.15, 0.2) is 23.1 Å². The summed E-state index contributed by atoms with van der Waals surface area (Å²) >= 11 is 0. The largest absolute Gasteiger partial charge is 0.489 e. The lowest BCUT2D eigenvalue weighted by atomic mass is 9.86. The molecule has 1 amide bonds. The first-order valence-electron chi connectivity index (χ1n) is 11.1. The molecule has 0 fully saturated rings. The number of amides is 1. The molecule has 0 bridgehead atoms. The molecular weight excluding hydrogens is 456 g/mol. The molecule has 184 valence electrons. The summed E-state index contributed by atoms with van der Waals surface area (Å²) in [5, 5.41) is 5.57. The highest BCUT2D eigenvalue weighted by Gasteiger charge is 2.35. The summed E-state index contributed by atoms with van der Waals surface area (Å²) in [5.74, 6) is -1.73. The number of hydrogen-bond donors (Lipinski definition) is 3. The van der Waals surface area contributed by atoms with Crippen molar-refractivity contribution in [3.05, 3.63) is 58.9 Å². The third-order valence-electron chi connectivity index (χ3n) is 5.95.